The van der Waals surface area contributed by atoms with Gasteiger partial charge in [0.05, 0.1) is 22.9 Å². The van der Waals surface area contributed by atoms with Crippen molar-refractivity contribution < 1.29 is 9.47 Å². The van der Waals surface area contributed by atoms with Crippen molar-refractivity contribution >= 4 is 22.3 Å². The van der Waals surface area contributed by atoms with Crippen LogP contribution in [0.1, 0.15) is 25.3 Å². The summed E-state index contributed by atoms with van der Waals surface area (Å²) in [5.41, 5.74) is 2.87. The molecule has 0 radical (unpaired) electrons. The summed E-state index contributed by atoms with van der Waals surface area (Å²) in [4.78, 5) is 20.1. The molecular formula is C22H27N3O3. The molecule has 2 fully saturated rings. The maximum atomic E-state index is 12.6. The van der Waals surface area contributed by atoms with Crippen LogP contribution in [0.25, 0.3) is 10.9 Å². The van der Waals surface area contributed by atoms with Crippen molar-refractivity contribution in [1.29, 1.82) is 0 Å². The molecule has 0 saturated carbocycles. The molecule has 1 N–H and O–H groups in total. The van der Waals surface area contributed by atoms with E-state index in [0.717, 1.165) is 61.3 Å². The number of aromatic nitrogens is 1. The number of terminal acetylenes is 1. The van der Waals surface area contributed by atoms with Gasteiger partial charge in [-0.1, -0.05) is 5.92 Å². The molecule has 0 atom stereocenters. The Morgan fingerprint density at radius 1 is 1.21 bits per heavy atom. The summed E-state index contributed by atoms with van der Waals surface area (Å²) in [6.07, 6.45) is 7.81. The Kier molecular flexibility index (Phi) is 4.82. The Morgan fingerprint density at radius 2 is 1.93 bits per heavy atom. The molecule has 0 amide bonds. The average Bonchev–Trinajstić information content (AvgIpc) is 2.67. The fraction of sp³-hybridized carbons (Fsp3) is 0.500. The molecule has 1 aromatic carbocycles. The predicted octanol–water partition coefficient (Wildman–Crippen LogP) is 2.35. The highest BCUT2D eigenvalue weighted by molar-refractivity contribution is 5.96. The fourth-order valence-corrected chi connectivity index (χ4v) is 4.13. The maximum absolute atomic E-state index is 12.6. The van der Waals surface area contributed by atoms with Crippen LogP contribution in [0.4, 0.5) is 11.4 Å². The van der Waals surface area contributed by atoms with Gasteiger partial charge in [-0.15, -0.1) is 6.42 Å². The van der Waals surface area contributed by atoms with Crippen LogP contribution in [-0.2, 0) is 9.47 Å². The SMILES string of the molecule is C#Cc1c(N2CCC(C)(OC)CC2)c2cc(N3CC(OC)C3)ccc2[nH]c1=O. The first-order valence-electron chi connectivity index (χ1n) is 9.72. The molecule has 6 heteroatoms. The third-order valence-corrected chi connectivity index (χ3v) is 6.29. The minimum atomic E-state index is -0.207. The van der Waals surface area contributed by atoms with Gasteiger partial charge >= 0.3 is 0 Å². The van der Waals surface area contributed by atoms with Crippen LogP contribution in [0.2, 0.25) is 0 Å². The van der Waals surface area contributed by atoms with Gasteiger partial charge in [-0.3, -0.25) is 4.79 Å². The lowest BCUT2D eigenvalue weighted by Gasteiger charge is -2.41. The smallest absolute Gasteiger partial charge is 0.266 e. The molecule has 148 valence electrons. The van der Waals surface area contributed by atoms with Gasteiger partial charge in [-0.05, 0) is 38.0 Å². The molecule has 3 heterocycles. The highest BCUT2D eigenvalue weighted by atomic mass is 16.5. The number of nitrogens with zero attached hydrogens (tertiary/aromatic N) is 2. The van der Waals surface area contributed by atoms with Crippen LogP contribution in [0.5, 0.6) is 0 Å². The van der Waals surface area contributed by atoms with Crippen molar-refractivity contribution in [2.75, 3.05) is 50.2 Å². The van der Waals surface area contributed by atoms with E-state index in [-0.39, 0.29) is 17.3 Å². The highest BCUT2D eigenvalue weighted by Crippen LogP contribution is 2.35. The third-order valence-electron chi connectivity index (χ3n) is 6.29. The molecule has 0 unspecified atom stereocenters. The molecule has 1 aromatic heterocycles. The molecule has 0 bridgehead atoms. The van der Waals surface area contributed by atoms with Crippen molar-refractivity contribution in [2.45, 2.75) is 31.5 Å². The molecule has 2 aliphatic rings. The van der Waals surface area contributed by atoms with Gasteiger partial charge in [0.25, 0.3) is 5.56 Å². The van der Waals surface area contributed by atoms with Gasteiger partial charge < -0.3 is 24.3 Å². The Balaban J connectivity index is 1.77. The number of ether oxygens (including phenoxy) is 2. The van der Waals surface area contributed by atoms with E-state index in [1.807, 2.05) is 12.1 Å². The van der Waals surface area contributed by atoms with Gasteiger partial charge in [0.2, 0.25) is 0 Å². The second kappa shape index (κ2) is 7.16. The highest BCUT2D eigenvalue weighted by Gasteiger charge is 2.32. The summed E-state index contributed by atoms with van der Waals surface area (Å²) in [7, 11) is 3.51. The van der Waals surface area contributed by atoms with E-state index in [2.05, 4.69) is 33.7 Å². The number of aromatic amines is 1. The van der Waals surface area contributed by atoms with E-state index in [4.69, 9.17) is 15.9 Å². The lowest BCUT2D eigenvalue weighted by Crippen LogP contribution is -2.51. The van der Waals surface area contributed by atoms with Crippen LogP contribution in [0.15, 0.2) is 23.0 Å². The quantitative estimate of drug-likeness (QED) is 0.824. The van der Waals surface area contributed by atoms with E-state index in [9.17, 15) is 4.79 Å². The van der Waals surface area contributed by atoms with Crippen molar-refractivity contribution in [3.63, 3.8) is 0 Å². The summed E-state index contributed by atoms with van der Waals surface area (Å²) in [5.74, 6) is 2.63. The molecule has 0 aliphatic carbocycles. The van der Waals surface area contributed by atoms with Gasteiger partial charge in [0, 0.05) is 51.5 Å². The zero-order valence-electron chi connectivity index (χ0n) is 16.7. The number of piperidine rings is 1. The molecule has 0 spiro atoms. The topological polar surface area (TPSA) is 57.8 Å². The second-order valence-electron chi connectivity index (χ2n) is 7.96. The van der Waals surface area contributed by atoms with Crippen molar-refractivity contribution in [3.8, 4) is 12.3 Å². The van der Waals surface area contributed by atoms with E-state index in [0.29, 0.717) is 5.56 Å². The molecular weight excluding hydrogens is 354 g/mol. The minimum absolute atomic E-state index is 0.123. The number of rotatable bonds is 4. The number of methoxy groups -OCH3 is 2. The number of pyridine rings is 1. The van der Waals surface area contributed by atoms with Crippen LogP contribution in [0, 0.1) is 12.3 Å². The van der Waals surface area contributed by atoms with E-state index < -0.39 is 0 Å². The molecule has 2 saturated heterocycles. The molecule has 2 aromatic rings. The number of anilines is 2. The van der Waals surface area contributed by atoms with Gasteiger partial charge in [0.15, 0.2) is 0 Å². The summed E-state index contributed by atoms with van der Waals surface area (Å²) in [5, 5.41) is 0.993. The number of hydrogen-bond acceptors (Lipinski definition) is 5. The lowest BCUT2D eigenvalue weighted by atomic mass is 9.92. The van der Waals surface area contributed by atoms with Crippen LogP contribution in [0.3, 0.4) is 0 Å². The van der Waals surface area contributed by atoms with Crippen molar-refractivity contribution in [1.82, 2.24) is 4.98 Å². The van der Waals surface area contributed by atoms with E-state index >= 15 is 0 Å². The number of hydrogen-bond donors (Lipinski definition) is 1. The monoisotopic (exact) mass is 381 g/mol. The summed E-state index contributed by atoms with van der Waals surface area (Å²) < 4.78 is 11.1. The zero-order valence-corrected chi connectivity index (χ0v) is 16.7. The van der Waals surface area contributed by atoms with Crippen LogP contribution >= 0.6 is 0 Å². The summed E-state index contributed by atoms with van der Waals surface area (Å²) >= 11 is 0. The molecule has 2 aliphatic heterocycles. The summed E-state index contributed by atoms with van der Waals surface area (Å²) in [6.45, 7) is 5.49. The Labute approximate surface area is 165 Å². The fourth-order valence-electron chi connectivity index (χ4n) is 4.13. The normalized spacial score (nSPS) is 19.5. The predicted molar refractivity (Wildman–Crippen MR) is 112 cm³/mol. The van der Waals surface area contributed by atoms with E-state index in [1.165, 1.54) is 0 Å². The first-order chi connectivity index (χ1) is 13.5. The Hall–Kier alpha value is -2.49. The molecule has 28 heavy (non-hydrogen) atoms. The lowest BCUT2D eigenvalue weighted by molar-refractivity contribution is -0.0132. The second-order valence-corrected chi connectivity index (χ2v) is 7.96. The van der Waals surface area contributed by atoms with Crippen LogP contribution in [-0.4, -0.2) is 57.1 Å². The van der Waals surface area contributed by atoms with E-state index in [1.54, 1.807) is 14.2 Å². The number of fused-ring (bicyclic) bond motifs is 1. The standard InChI is InChI=1S/C22H27N3O3/c1-5-17-20(24-10-8-22(2,28-4)9-11-24)18-12-15(25-13-16(14-25)27-3)6-7-19(18)23-21(17)26/h1,6-7,12,16H,8-11,13-14H2,2-4H3,(H,23,26). The number of H-pyrrole nitrogens is 1. The third kappa shape index (κ3) is 3.15. The molecule has 6 nitrogen and oxygen atoms in total. The first kappa shape index (κ1) is 18.9. The molecule has 4 rings (SSSR count). The number of benzene rings is 1. The maximum Gasteiger partial charge on any atom is 0.266 e. The Morgan fingerprint density at radius 3 is 2.54 bits per heavy atom. The van der Waals surface area contributed by atoms with Crippen LogP contribution < -0.4 is 15.4 Å². The summed E-state index contributed by atoms with van der Waals surface area (Å²) in [6, 6.07) is 6.15. The van der Waals surface area contributed by atoms with Gasteiger partial charge in [-0.2, -0.15) is 0 Å². The van der Waals surface area contributed by atoms with Gasteiger partial charge in [-0.25, -0.2) is 0 Å². The number of nitrogens with one attached hydrogen (secondary N) is 1. The minimum Gasteiger partial charge on any atom is -0.378 e. The largest absolute Gasteiger partial charge is 0.378 e. The van der Waals surface area contributed by atoms with Crippen molar-refractivity contribution in [3.05, 3.63) is 34.1 Å². The first-order valence-corrected chi connectivity index (χ1v) is 9.72. The zero-order chi connectivity index (χ0) is 19.9. The Bertz CT molecular complexity index is 977. The van der Waals surface area contributed by atoms with Crippen molar-refractivity contribution in [2.24, 2.45) is 0 Å². The van der Waals surface area contributed by atoms with Gasteiger partial charge in [0.1, 0.15) is 5.56 Å². The average molecular weight is 381 g/mol.